The average molecular weight is 335 g/mol. The molecule has 5 nitrogen and oxygen atoms in total. The number of nitrogens with zero attached hydrogens (tertiary/aromatic N) is 2. The van der Waals surface area contributed by atoms with E-state index in [1.54, 1.807) is 7.11 Å². The Hall–Kier alpha value is -2.79. The third-order valence-electron chi connectivity index (χ3n) is 4.73. The van der Waals surface area contributed by atoms with Gasteiger partial charge in [-0.05, 0) is 18.2 Å². The molecule has 2 aromatic carbocycles. The summed E-state index contributed by atoms with van der Waals surface area (Å²) < 4.78 is 7.57. The highest BCUT2D eigenvalue weighted by atomic mass is 16.5. The lowest BCUT2D eigenvalue weighted by atomic mass is 10.2. The maximum absolute atomic E-state index is 12.0. The summed E-state index contributed by atoms with van der Waals surface area (Å²) in [5, 5.41) is 4.35. The van der Waals surface area contributed by atoms with Gasteiger partial charge >= 0.3 is 0 Å². The zero-order valence-electron chi connectivity index (χ0n) is 14.2. The summed E-state index contributed by atoms with van der Waals surface area (Å²) in [6.07, 6.45) is 0.983. The second-order valence-corrected chi connectivity index (χ2v) is 6.15. The number of hydrogen-bond acceptors (Lipinski definition) is 4. The van der Waals surface area contributed by atoms with Crippen LogP contribution in [0.5, 0.6) is 5.75 Å². The molecular formula is C20H21N3O2. The van der Waals surface area contributed by atoms with Gasteiger partial charge in [-0.15, -0.1) is 0 Å². The molecule has 1 aromatic heterocycles. The van der Waals surface area contributed by atoms with Gasteiger partial charge in [0.05, 0.1) is 23.9 Å². The van der Waals surface area contributed by atoms with Crippen LogP contribution in [0.2, 0.25) is 0 Å². The van der Waals surface area contributed by atoms with Crippen molar-refractivity contribution in [1.29, 1.82) is 0 Å². The standard InChI is InChI=1S/C20H21N3O2/c1-25-16-6-4-5-15(13-16)23-19-8-3-2-7-17(19)18(14-24)20(23)22-11-9-21-10-12-22/h2-8,13-14,21H,9-12H2,1H3. The van der Waals surface area contributed by atoms with Gasteiger partial charge in [0.15, 0.2) is 6.29 Å². The van der Waals surface area contributed by atoms with E-state index < -0.39 is 0 Å². The molecule has 5 heteroatoms. The predicted molar refractivity (Wildman–Crippen MR) is 100 cm³/mol. The Balaban J connectivity index is 2.01. The van der Waals surface area contributed by atoms with E-state index in [1.165, 1.54) is 0 Å². The minimum absolute atomic E-state index is 0.750. The second-order valence-electron chi connectivity index (χ2n) is 6.15. The van der Waals surface area contributed by atoms with Gasteiger partial charge in [0, 0.05) is 37.6 Å². The van der Waals surface area contributed by atoms with E-state index in [9.17, 15) is 4.79 Å². The Morgan fingerprint density at radius 3 is 2.64 bits per heavy atom. The third-order valence-corrected chi connectivity index (χ3v) is 4.73. The molecule has 1 fully saturated rings. The van der Waals surface area contributed by atoms with Gasteiger partial charge in [0.2, 0.25) is 0 Å². The van der Waals surface area contributed by atoms with Gasteiger partial charge in [-0.1, -0.05) is 24.3 Å². The Morgan fingerprint density at radius 2 is 1.88 bits per heavy atom. The number of aldehydes is 1. The first-order chi connectivity index (χ1) is 12.3. The van der Waals surface area contributed by atoms with Gasteiger partial charge in [0.1, 0.15) is 11.6 Å². The van der Waals surface area contributed by atoms with Gasteiger partial charge in [-0.25, -0.2) is 0 Å². The van der Waals surface area contributed by atoms with Crippen molar-refractivity contribution >= 4 is 23.0 Å². The van der Waals surface area contributed by atoms with Crippen molar-refractivity contribution < 1.29 is 9.53 Å². The molecule has 0 atom stereocenters. The van der Waals surface area contributed by atoms with Crippen molar-refractivity contribution in [3.63, 3.8) is 0 Å². The van der Waals surface area contributed by atoms with E-state index in [0.29, 0.717) is 0 Å². The number of benzene rings is 2. The van der Waals surface area contributed by atoms with Crippen molar-refractivity contribution in [3.8, 4) is 11.4 Å². The molecule has 1 aliphatic rings. The number of para-hydroxylation sites is 1. The summed E-state index contributed by atoms with van der Waals surface area (Å²) in [5.74, 6) is 1.76. The molecule has 0 aliphatic carbocycles. The van der Waals surface area contributed by atoms with Crippen molar-refractivity contribution in [3.05, 3.63) is 54.1 Å². The van der Waals surface area contributed by atoms with E-state index in [2.05, 4.69) is 26.9 Å². The molecule has 4 rings (SSSR count). The summed E-state index contributed by atoms with van der Waals surface area (Å²) in [6, 6.07) is 16.0. The number of aromatic nitrogens is 1. The number of anilines is 1. The van der Waals surface area contributed by atoms with Gasteiger partial charge in [0.25, 0.3) is 0 Å². The Bertz CT molecular complexity index is 910. The lowest BCUT2D eigenvalue weighted by molar-refractivity contribution is 0.112. The summed E-state index contributed by atoms with van der Waals surface area (Å²) in [5.41, 5.74) is 2.78. The fourth-order valence-electron chi connectivity index (χ4n) is 3.57. The highest BCUT2D eigenvalue weighted by Gasteiger charge is 2.23. The first-order valence-electron chi connectivity index (χ1n) is 8.52. The zero-order valence-corrected chi connectivity index (χ0v) is 14.2. The largest absolute Gasteiger partial charge is 0.497 e. The topological polar surface area (TPSA) is 46.5 Å². The van der Waals surface area contributed by atoms with Crippen molar-refractivity contribution in [1.82, 2.24) is 9.88 Å². The van der Waals surface area contributed by atoms with E-state index in [4.69, 9.17) is 4.74 Å². The van der Waals surface area contributed by atoms with E-state index in [1.807, 2.05) is 36.4 Å². The number of nitrogens with one attached hydrogen (secondary N) is 1. The molecule has 128 valence electrons. The molecule has 0 spiro atoms. The summed E-state index contributed by atoms with van der Waals surface area (Å²) in [6.45, 7) is 3.58. The van der Waals surface area contributed by atoms with Crippen molar-refractivity contribution in [2.75, 3.05) is 38.2 Å². The summed E-state index contributed by atoms with van der Waals surface area (Å²) in [7, 11) is 1.67. The Kier molecular flexibility index (Phi) is 4.15. The maximum atomic E-state index is 12.0. The van der Waals surface area contributed by atoms with E-state index in [-0.39, 0.29) is 0 Å². The smallest absolute Gasteiger partial charge is 0.154 e. The molecule has 0 saturated carbocycles. The summed E-state index contributed by atoms with van der Waals surface area (Å²) in [4.78, 5) is 14.3. The molecular weight excluding hydrogens is 314 g/mol. The number of carbonyl (C=O) groups is 1. The highest BCUT2D eigenvalue weighted by molar-refractivity contribution is 6.05. The van der Waals surface area contributed by atoms with Crippen LogP contribution in [0, 0.1) is 0 Å². The Morgan fingerprint density at radius 1 is 1.08 bits per heavy atom. The molecule has 0 bridgehead atoms. The van der Waals surface area contributed by atoms with Crippen LogP contribution in [0.3, 0.4) is 0 Å². The van der Waals surface area contributed by atoms with Gasteiger partial charge in [-0.2, -0.15) is 0 Å². The van der Waals surface area contributed by atoms with Crippen LogP contribution >= 0.6 is 0 Å². The van der Waals surface area contributed by atoms with Gasteiger partial charge < -0.3 is 15.0 Å². The fraction of sp³-hybridized carbons (Fsp3) is 0.250. The number of fused-ring (bicyclic) bond motifs is 1. The number of hydrogen-bond donors (Lipinski definition) is 1. The lowest BCUT2D eigenvalue weighted by Gasteiger charge is -2.31. The molecule has 1 aliphatic heterocycles. The number of ether oxygens (including phenoxy) is 1. The van der Waals surface area contributed by atoms with Crippen LogP contribution in [0.4, 0.5) is 5.82 Å². The minimum atomic E-state index is 0.750. The lowest BCUT2D eigenvalue weighted by Crippen LogP contribution is -2.44. The second kappa shape index (κ2) is 6.61. The SMILES string of the molecule is COc1cccc(-n2c(N3CCNCC3)c(C=O)c3ccccc32)c1. The quantitative estimate of drug-likeness (QED) is 0.745. The molecule has 0 unspecified atom stereocenters. The number of rotatable bonds is 4. The third kappa shape index (κ3) is 2.66. The normalized spacial score (nSPS) is 14.7. The molecule has 0 radical (unpaired) electrons. The van der Waals surface area contributed by atoms with Crippen LogP contribution < -0.4 is 15.0 Å². The van der Waals surface area contributed by atoms with Crippen molar-refractivity contribution in [2.24, 2.45) is 0 Å². The van der Waals surface area contributed by atoms with Crippen LogP contribution in [0.15, 0.2) is 48.5 Å². The highest BCUT2D eigenvalue weighted by Crippen LogP contribution is 2.35. The van der Waals surface area contributed by atoms with Crippen LogP contribution in [0.1, 0.15) is 10.4 Å². The predicted octanol–water partition coefficient (Wildman–Crippen LogP) is 2.86. The fourth-order valence-corrected chi connectivity index (χ4v) is 3.57. The average Bonchev–Trinajstić information content (AvgIpc) is 3.03. The Labute approximate surface area is 146 Å². The number of piperazine rings is 1. The minimum Gasteiger partial charge on any atom is -0.497 e. The molecule has 25 heavy (non-hydrogen) atoms. The van der Waals surface area contributed by atoms with Crippen molar-refractivity contribution in [2.45, 2.75) is 0 Å². The molecule has 1 saturated heterocycles. The monoisotopic (exact) mass is 335 g/mol. The van der Waals surface area contributed by atoms with Crippen LogP contribution in [-0.4, -0.2) is 44.1 Å². The number of methoxy groups -OCH3 is 1. The van der Waals surface area contributed by atoms with Crippen LogP contribution in [-0.2, 0) is 0 Å². The first kappa shape index (κ1) is 15.7. The van der Waals surface area contributed by atoms with E-state index >= 15 is 0 Å². The maximum Gasteiger partial charge on any atom is 0.154 e. The molecule has 2 heterocycles. The zero-order chi connectivity index (χ0) is 17.2. The van der Waals surface area contributed by atoms with E-state index in [0.717, 1.165) is 66.2 Å². The molecule has 3 aromatic rings. The molecule has 0 amide bonds. The first-order valence-corrected chi connectivity index (χ1v) is 8.52. The summed E-state index contributed by atoms with van der Waals surface area (Å²) >= 11 is 0. The van der Waals surface area contributed by atoms with Crippen LogP contribution in [0.25, 0.3) is 16.6 Å². The molecule has 1 N–H and O–H groups in total. The number of carbonyl (C=O) groups excluding carboxylic acids is 1. The van der Waals surface area contributed by atoms with Gasteiger partial charge in [-0.3, -0.25) is 9.36 Å².